The summed E-state index contributed by atoms with van der Waals surface area (Å²) >= 11 is 4.78. The molecule has 0 atom stereocenters. The Bertz CT molecular complexity index is 79.0. The molecular formula is C7H15NS. The molecule has 0 aromatic heterocycles. The molecule has 0 radical (unpaired) electrons. The van der Waals surface area contributed by atoms with Crippen LogP contribution in [-0.2, 0) is 0 Å². The molecule has 0 aromatic rings. The highest BCUT2D eigenvalue weighted by Gasteiger charge is 2.04. The zero-order valence-electron chi connectivity index (χ0n) is 6.42. The van der Waals surface area contributed by atoms with E-state index >= 15 is 0 Å². The SMILES string of the molecule is CCC(CC)N(C)C=S. The third kappa shape index (κ3) is 2.80. The van der Waals surface area contributed by atoms with E-state index in [0.29, 0.717) is 6.04 Å². The predicted octanol–water partition coefficient (Wildman–Crippen LogP) is 2.06. The van der Waals surface area contributed by atoms with Crippen molar-refractivity contribution in [3.63, 3.8) is 0 Å². The van der Waals surface area contributed by atoms with Gasteiger partial charge in [-0.2, -0.15) is 0 Å². The van der Waals surface area contributed by atoms with E-state index in [-0.39, 0.29) is 0 Å². The standard InChI is InChI=1S/C7H15NS/c1-4-7(5-2)8(3)6-9/h6-7H,4-5H2,1-3H3. The van der Waals surface area contributed by atoms with Crippen molar-refractivity contribution < 1.29 is 0 Å². The molecule has 9 heavy (non-hydrogen) atoms. The van der Waals surface area contributed by atoms with Crippen molar-refractivity contribution in [2.24, 2.45) is 0 Å². The van der Waals surface area contributed by atoms with E-state index in [1.165, 1.54) is 12.8 Å². The van der Waals surface area contributed by atoms with Crippen molar-refractivity contribution in [2.75, 3.05) is 7.05 Å². The molecule has 54 valence electrons. The van der Waals surface area contributed by atoms with E-state index in [2.05, 4.69) is 18.7 Å². The van der Waals surface area contributed by atoms with Gasteiger partial charge < -0.3 is 4.90 Å². The van der Waals surface area contributed by atoms with Crippen molar-refractivity contribution in [2.45, 2.75) is 32.7 Å². The first kappa shape index (κ1) is 8.89. The van der Waals surface area contributed by atoms with E-state index < -0.39 is 0 Å². The van der Waals surface area contributed by atoms with Crippen molar-refractivity contribution >= 4 is 17.7 Å². The van der Waals surface area contributed by atoms with Crippen LogP contribution in [0, 0.1) is 0 Å². The lowest BCUT2D eigenvalue weighted by molar-refractivity contribution is 0.359. The third-order valence-electron chi connectivity index (χ3n) is 1.68. The van der Waals surface area contributed by atoms with Crippen LogP contribution >= 0.6 is 12.2 Å². The molecule has 0 saturated carbocycles. The molecule has 0 fully saturated rings. The normalized spacial score (nSPS) is 9.78. The lowest BCUT2D eigenvalue weighted by Crippen LogP contribution is -2.28. The van der Waals surface area contributed by atoms with Gasteiger partial charge in [-0.3, -0.25) is 0 Å². The largest absolute Gasteiger partial charge is 0.369 e. The molecule has 0 amide bonds. The van der Waals surface area contributed by atoms with E-state index in [9.17, 15) is 0 Å². The minimum absolute atomic E-state index is 0.641. The van der Waals surface area contributed by atoms with Crippen molar-refractivity contribution in [1.82, 2.24) is 4.90 Å². The van der Waals surface area contributed by atoms with Crippen LogP contribution in [0.2, 0.25) is 0 Å². The number of hydrogen-bond donors (Lipinski definition) is 0. The van der Waals surface area contributed by atoms with Crippen LogP contribution in [-0.4, -0.2) is 23.5 Å². The number of nitrogens with zero attached hydrogens (tertiary/aromatic N) is 1. The maximum Gasteiger partial charge on any atom is 0.0640 e. The Morgan fingerprint density at radius 1 is 1.44 bits per heavy atom. The second-order valence-electron chi connectivity index (χ2n) is 2.24. The van der Waals surface area contributed by atoms with Gasteiger partial charge in [0, 0.05) is 13.1 Å². The Kier molecular flexibility index (Phi) is 4.68. The highest BCUT2D eigenvalue weighted by Crippen LogP contribution is 2.02. The lowest BCUT2D eigenvalue weighted by Gasteiger charge is -2.22. The first-order valence-electron chi connectivity index (χ1n) is 3.43. The van der Waals surface area contributed by atoms with Crippen molar-refractivity contribution in [1.29, 1.82) is 0 Å². The molecule has 0 unspecified atom stereocenters. The maximum atomic E-state index is 4.78. The zero-order valence-corrected chi connectivity index (χ0v) is 7.24. The minimum Gasteiger partial charge on any atom is -0.369 e. The average Bonchev–Trinajstić information content (AvgIpc) is 1.90. The van der Waals surface area contributed by atoms with Gasteiger partial charge in [-0.25, -0.2) is 0 Å². The summed E-state index contributed by atoms with van der Waals surface area (Å²) < 4.78 is 0. The van der Waals surface area contributed by atoms with Gasteiger partial charge in [0.05, 0.1) is 5.49 Å². The summed E-state index contributed by atoms with van der Waals surface area (Å²) in [5.74, 6) is 0. The summed E-state index contributed by atoms with van der Waals surface area (Å²) in [6, 6.07) is 0.641. The first-order valence-corrected chi connectivity index (χ1v) is 3.90. The van der Waals surface area contributed by atoms with E-state index in [4.69, 9.17) is 12.2 Å². The van der Waals surface area contributed by atoms with Crippen LogP contribution in [0.1, 0.15) is 26.7 Å². The molecule has 0 N–H and O–H groups in total. The summed E-state index contributed by atoms with van der Waals surface area (Å²) in [5, 5.41) is 0. The van der Waals surface area contributed by atoms with Crippen LogP contribution in [0.4, 0.5) is 0 Å². The minimum atomic E-state index is 0.641. The Hall–Kier alpha value is -0.110. The molecule has 0 heterocycles. The molecule has 2 heteroatoms. The Labute approximate surface area is 63.0 Å². The van der Waals surface area contributed by atoms with Gasteiger partial charge in [-0.15, -0.1) is 0 Å². The first-order chi connectivity index (χ1) is 4.26. The third-order valence-corrected chi connectivity index (χ3v) is 2.02. The van der Waals surface area contributed by atoms with Crippen LogP contribution < -0.4 is 0 Å². The molecule has 0 aliphatic heterocycles. The molecule has 1 nitrogen and oxygen atoms in total. The maximum absolute atomic E-state index is 4.78. The molecule has 0 aromatic carbocycles. The zero-order chi connectivity index (χ0) is 7.28. The number of thiocarbonyl (C=S) groups is 1. The Morgan fingerprint density at radius 3 is 2.00 bits per heavy atom. The van der Waals surface area contributed by atoms with E-state index in [0.717, 1.165) is 0 Å². The van der Waals surface area contributed by atoms with Crippen LogP contribution in [0.25, 0.3) is 0 Å². The summed E-state index contributed by atoms with van der Waals surface area (Å²) in [6.45, 7) is 4.37. The quantitative estimate of drug-likeness (QED) is 0.557. The summed E-state index contributed by atoms with van der Waals surface area (Å²) in [7, 11) is 2.03. The van der Waals surface area contributed by atoms with Gasteiger partial charge in [-0.1, -0.05) is 26.1 Å². The van der Waals surface area contributed by atoms with Gasteiger partial charge in [0.15, 0.2) is 0 Å². The monoisotopic (exact) mass is 145 g/mol. The molecular weight excluding hydrogens is 130 g/mol. The van der Waals surface area contributed by atoms with Gasteiger partial charge in [0.25, 0.3) is 0 Å². The lowest BCUT2D eigenvalue weighted by atomic mass is 10.1. The van der Waals surface area contributed by atoms with Crippen molar-refractivity contribution in [3.05, 3.63) is 0 Å². The number of hydrogen-bond acceptors (Lipinski definition) is 1. The van der Waals surface area contributed by atoms with Crippen LogP contribution in [0.3, 0.4) is 0 Å². The predicted molar refractivity (Wildman–Crippen MR) is 45.8 cm³/mol. The number of rotatable bonds is 4. The highest BCUT2D eigenvalue weighted by molar-refractivity contribution is 7.78. The topological polar surface area (TPSA) is 3.24 Å². The van der Waals surface area contributed by atoms with Gasteiger partial charge in [-0.05, 0) is 12.8 Å². The Morgan fingerprint density at radius 2 is 1.89 bits per heavy atom. The second kappa shape index (κ2) is 4.74. The molecule has 0 aliphatic carbocycles. The molecule has 0 rings (SSSR count). The fraction of sp³-hybridized carbons (Fsp3) is 0.857. The van der Waals surface area contributed by atoms with Gasteiger partial charge >= 0.3 is 0 Å². The molecule has 0 saturated heterocycles. The summed E-state index contributed by atoms with van der Waals surface area (Å²) in [4.78, 5) is 2.09. The van der Waals surface area contributed by atoms with E-state index in [1.54, 1.807) is 5.49 Å². The molecule has 0 bridgehead atoms. The fourth-order valence-electron chi connectivity index (χ4n) is 0.951. The average molecular weight is 145 g/mol. The van der Waals surface area contributed by atoms with Crippen molar-refractivity contribution in [3.8, 4) is 0 Å². The molecule has 0 spiro atoms. The smallest absolute Gasteiger partial charge is 0.0640 e. The molecule has 0 aliphatic rings. The van der Waals surface area contributed by atoms with Crippen LogP contribution in [0.5, 0.6) is 0 Å². The summed E-state index contributed by atoms with van der Waals surface area (Å²) in [6.07, 6.45) is 2.36. The van der Waals surface area contributed by atoms with Gasteiger partial charge in [0.1, 0.15) is 0 Å². The van der Waals surface area contributed by atoms with E-state index in [1.807, 2.05) is 7.05 Å². The second-order valence-corrected chi connectivity index (χ2v) is 2.45. The van der Waals surface area contributed by atoms with Gasteiger partial charge in [0.2, 0.25) is 0 Å². The summed E-state index contributed by atoms with van der Waals surface area (Å²) in [5.41, 5.74) is 1.72. The highest BCUT2D eigenvalue weighted by atomic mass is 32.1. The fourth-order valence-corrected chi connectivity index (χ4v) is 1.12. The Balaban J connectivity index is 3.63. The van der Waals surface area contributed by atoms with Crippen LogP contribution in [0.15, 0.2) is 0 Å².